The second-order valence-corrected chi connectivity index (χ2v) is 11.9. The first-order chi connectivity index (χ1) is 18.0. The summed E-state index contributed by atoms with van der Waals surface area (Å²) < 4.78 is 17.8. The minimum absolute atomic E-state index is 0.0484. The van der Waals surface area contributed by atoms with Crippen molar-refractivity contribution >= 4 is 28.1 Å². The van der Waals surface area contributed by atoms with Crippen molar-refractivity contribution in [3.05, 3.63) is 87.9 Å². The summed E-state index contributed by atoms with van der Waals surface area (Å²) in [7, 11) is 1.58. The number of nitrogens with zero attached hydrogens (tertiary/aromatic N) is 1. The van der Waals surface area contributed by atoms with E-state index in [9.17, 15) is 4.79 Å². The summed E-state index contributed by atoms with van der Waals surface area (Å²) in [5, 5.41) is 4.05. The Balaban J connectivity index is 1.52. The quantitative estimate of drug-likeness (QED) is 0.191. The van der Waals surface area contributed by atoms with Crippen molar-refractivity contribution in [2.24, 2.45) is 10.5 Å². The molecule has 202 valence electrons. The lowest BCUT2D eigenvalue weighted by Gasteiger charge is -2.33. The molecular weight excluding hydrogens is 544 g/mol. The molecule has 0 aliphatic heterocycles. The van der Waals surface area contributed by atoms with Gasteiger partial charge in [0.1, 0.15) is 12.4 Å². The molecule has 7 heteroatoms. The van der Waals surface area contributed by atoms with Crippen molar-refractivity contribution in [1.29, 1.82) is 0 Å². The first-order valence-corrected chi connectivity index (χ1v) is 13.4. The molecule has 38 heavy (non-hydrogen) atoms. The van der Waals surface area contributed by atoms with Gasteiger partial charge in [0, 0.05) is 0 Å². The van der Waals surface area contributed by atoms with Crippen molar-refractivity contribution in [3.8, 4) is 17.2 Å². The van der Waals surface area contributed by atoms with Gasteiger partial charge in [0.15, 0.2) is 18.1 Å². The Bertz CT molecular complexity index is 1230. The summed E-state index contributed by atoms with van der Waals surface area (Å²) in [5.74, 6) is 1.44. The molecule has 1 N–H and O–H groups in total. The van der Waals surface area contributed by atoms with Crippen molar-refractivity contribution in [1.82, 2.24) is 5.43 Å². The number of hydrogen-bond donors (Lipinski definition) is 1. The van der Waals surface area contributed by atoms with E-state index in [2.05, 4.69) is 73.2 Å². The number of benzene rings is 3. The number of halogens is 1. The largest absolute Gasteiger partial charge is 0.493 e. The second-order valence-electron chi connectivity index (χ2n) is 11.0. The lowest BCUT2D eigenvalue weighted by Crippen LogP contribution is -2.25. The van der Waals surface area contributed by atoms with Crippen LogP contribution in [0.4, 0.5) is 0 Å². The van der Waals surface area contributed by atoms with Crippen LogP contribution < -0.4 is 19.6 Å². The minimum Gasteiger partial charge on any atom is -0.493 e. The van der Waals surface area contributed by atoms with E-state index in [1.54, 1.807) is 13.2 Å². The fourth-order valence-electron chi connectivity index (χ4n) is 4.47. The number of rotatable bonds is 11. The number of nitrogens with one attached hydrogen (secondary N) is 1. The van der Waals surface area contributed by atoms with E-state index in [-0.39, 0.29) is 23.3 Å². The van der Waals surface area contributed by atoms with Crippen molar-refractivity contribution in [2.75, 3.05) is 13.7 Å². The van der Waals surface area contributed by atoms with Gasteiger partial charge in [0.05, 0.1) is 17.8 Å². The molecule has 0 heterocycles. The average Bonchev–Trinajstić information content (AvgIpc) is 2.86. The lowest BCUT2D eigenvalue weighted by molar-refractivity contribution is -0.123. The number of carbonyl (C=O) groups is 1. The molecule has 0 saturated carbocycles. The van der Waals surface area contributed by atoms with E-state index >= 15 is 0 Å². The molecule has 6 nitrogen and oxygen atoms in total. The van der Waals surface area contributed by atoms with Crippen LogP contribution in [-0.4, -0.2) is 25.8 Å². The third kappa shape index (κ3) is 8.91. The van der Waals surface area contributed by atoms with Crippen LogP contribution in [0.5, 0.6) is 17.2 Å². The van der Waals surface area contributed by atoms with Gasteiger partial charge in [-0.25, -0.2) is 5.43 Å². The van der Waals surface area contributed by atoms with E-state index < -0.39 is 0 Å². The smallest absolute Gasteiger partial charge is 0.277 e. The van der Waals surface area contributed by atoms with Crippen LogP contribution in [0.1, 0.15) is 57.7 Å². The maximum absolute atomic E-state index is 12.2. The summed E-state index contributed by atoms with van der Waals surface area (Å²) in [5.41, 5.74) is 5.81. The first-order valence-electron chi connectivity index (χ1n) is 12.6. The maximum Gasteiger partial charge on any atom is 0.277 e. The number of methoxy groups -OCH3 is 1. The highest BCUT2D eigenvalue weighted by Gasteiger charge is 2.27. The minimum atomic E-state index is -0.354. The Morgan fingerprint density at radius 2 is 1.66 bits per heavy atom. The fraction of sp³-hybridized carbons (Fsp3) is 0.355. The second kappa shape index (κ2) is 13.0. The Morgan fingerprint density at radius 3 is 2.29 bits per heavy atom. The van der Waals surface area contributed by atoms with Crippen LogP contribution in [0, 0.1) is 5.41 Å². The van der Waals surface area contributed by atoms with E-state index in [1.807, 2.05) is 48.5 Å². The van der Waals surface area contributed by atoms with Crippen LogP contribution in [0.2, 0.25) is 0 Å². The zero-order chi connectivity index (χ0) is 27.8. The lowest BCUT2D eigenvalue weighted by atomic mass is 9.72. The molecule has 3 aromatic carbocycles. The van der Waals surface area contributed by atoms with Crippen LogP contribution in [0.3, 0.4) is 0 Å². The highest BCUT2D eigenvalue weighted by atomic mass is 79.9. The van der Waals surface area contributed by atoms with Crippen LogP contribution >= 0.6 is 15.9 Å². The normalized spacial score (nSPS) is 11.9. The number of carbonyl (C=O) groups excluding carboxylic acids is 1. The molecule has 0 bridgehead atoms. The molecule has 3 rings (SSSR count). The summed E-state index contributed by atoms with van der Waals surface area (Å²) in [4.78, 5) is 12.2. The number of hydrogen-bond acceptors (Lipinski definition) is 5. The van der Waals surface area contributed by atoms with E-state index in [1.165, 1.54) is 11.8 Å². The monoisotopic (exact) mass is 580 g/mol. The van der Waals surface area contributed by atoms with Gasteiger partial charge in [-0.2, -0.15) is 5.10 Å². The highest BCUT2D eigenvalue weighted by molar-refractivity contribution is 9.10. The SMILES string of the molecule is COc1cc(/C=N/NC(=O)COc2ccc(C(C)(C)CC(C)(C)C)cc2)cc(Br)c1OCc1ccccc1. The molecule has 0 unspecified atom stereocenters. The third-order valence-corrected chi connectivity index (χ3v) is 6.45. The Hall–Kier alpha value is -3.32. The number of hydrazone groups is 1. The van der Waals surface area contributed by atoms with Gasteiger partial charge >= 0.3 is 0 Å². The topological polar surface area (TPSA) is 69.2 Å². The molecule has 0 aromatic heterocycles. The van der Waals surface area contributed by atoms with E-state index in [0.717, 1.165) is 22.0 Å². The van der Waals surface area contributed by atoms with E-state index in [0.29, 0.717) is 23.9 Å². The van der Waals surface area contributed by atoms with E-state index in [4.69, 9.17) is 14.2 Å². The molecular formula is C31H37BrN2O4. The van der Waals surface area contributed by atoms with Crippen LogP contribution in [0.15, 0.2) is 76.3 Å². The molecule has 0 aliphatic carbocycles. The van der Waals surface area contributed by atoms with Gasteiger partial charge in [0.2, 0.25) is 0 Å². The summed E-state index contributed by atoms with van der Waals surface area (Å²) in [6, 6.07) is 21.5. The standard InChI is InChI=1S/C31H37BrN2O4/c1-30(2,3)21-31(4,5)24-12-14-25(15-13-24)37-20-28(35)34-33-18-23-16-26(32)29(27(17-23)36-6)38-19-22-10-8-7-9-11-22/h7-18H,19-21H2,1-6H3,(H,34,35)/b33-18+. The predicted molar refractivity (Wildman–Crippen MR) is 156 cm³/mol. The zero-order valence-electron chi connectivity index (χ0n) is 23.0. The average molecular weight is 582 g/mol. The maximum atomic E-state index is 12.2. The molecule has 0 radical (unpaired) electrons. The van der Waals surface area contributed by atoms with Crippen LogP contribution in [0.25, 0.3) is 0 Å². The van der Waals surface area contributed by atoms with Crippen LogP contribution in [-0.2, 0) is 16.8 Å². The molecule has 1 amide bonds. The molecule has 0 atom stereocenters. The zero-order valence-corrected chi connectivity index (χ0v) is 24.6. The van der Waals surface area contributed by atoms with Gasteiger partial charge < -0.3 is 14.2 Å². The van der Waals surface area contributed by atoms with Gasteiger partial charge in [-0.1, -0.05) is 77.1 Å². The van der Waals surface area contributed by atoms with Gasteiger partial charge in [-0.05, 0) is 74.1 Å². The molecule has 0 spiro atoms. The van der Waals surface area contributed by atoms with Gasteiger partial charge in [-0.15, -0.1) is 0 Å². The number of amides is 1. The van der Waals surface area contributed by atoms with Crippen molar-refractivity contribution in [3.63, 3.8) is 0 Å². The first kappa shape index (κ1) is 29.2. The molecule has 0 fully saturated rings. The number of ether oxygens (including phenoxy) is 3. The summed E-state index contributed by atoms with van der Waals surface area (Å²) in [6.45, 7) is 11.5. The van der Waals surface area contributed by atoms with Gasteiger partial charge in [0.25, 0.3) is 5.91 Å². The van der Waals surface area contributed by atoms with Crippen molar-refractivity contribution in [2.45, 2.75) is 53.1 Å². The van der Waals surface area contributed by atoms with Gasteiger partial charge in [-0.3, -0.25) is 4.79 Å². The predicted octanol–water partition coefficient (Wildman–Crippen LogP) is 7.28. The molecule has 3 aromatic rings. The summed E-state index contributed by atoms with van der Waals surface area (Å²) >= 11 is 3.54. The third-order valence-electron chi connectivity index (χ3n) is 5.86. The Morgan fingerprint density at radius 1 is 0.974 bits per heavy atom. The Kier molecular flexibility index (Phi) is 9.97. The summed E-state index contributed by atoms with van der Waals surface area (Å²) in [6.07, 6.45) is 2.60. The van der Waals surface area contributed by atoms with Crippen molar-refractivity contribution < 1.29 is 19.0 Å². The molecule has 0 aliphatic rings. The molecule has 0 saturated heterocycles. The Labute approximate surface area is 234 Å². The highest BCUT2D eigenvalue weighted by Crippen LogP contribution is 2.37. The fourth-order valence-corrected chi connectivity index (χ4v) is 5.05.